The predicted molar refractivity (Wildman–Crippen MR) is 94.8 cm³/mol. The Morgan fingerprint density at radius 3 is 2.56 bits per heavy atom. The molecule has 1 aromatic rings. The first kappa shape index (κ1) is 17.5. The van der Waals surface area contributed by atoms with Gasteiger partial charge in [0.25, 0.3) is 0 Å². The van der Waals surface area contributed by atoms with Crippen LogP contribution in [-0.4, -0.2) is 11.7 Å². The van der Waals surface area contributed by atoms with E-state index in [0.717, 1.165) is 12.0 Å². The van der Waals surface area contributed by atoms with Gasteiger partial charge in [0.05, 0.1) is 24.1 Å². The van der Waals surface area contributed by atoms with Gasteiger partial charge in [-0.1, -0.05) is 36.8 Å². The van der Waals surface area contributed by atoms with E-state index in [1.54, 1.807) is 6.07 Å². The fraction of sp³-hybridized carbons (Fsp3) is 0.524. The van der Waals surface area contributed by atoms with Crippen LogP contribution in [0.1, 0.15) is 43.4 Å². The second-order valence-electron chi connectivity index (χ2n) is 8.04. The number of rotatable bonds is 1. The smallest absolute Gasteiger partial charge is 0.217 e. The molecule has 4 rings (SSSR count). The normalized spacial score (nSPS) is 38.6. The molecule has 2 heterocycles. The highest BCUT2D eigenvalue weighted by atomic mass is 16.7. The molecule has 3 fully saturated rings. The third-order valence-electron chi connectivity index (χ3n) is 6.52. The molecular weight excluding hydrogens is 340 g/mol. The summed E-state index contributed by atoms with van der Waals surface area (Å²) in [5, 5.41) is 39.1. The third-order valence-corrected chi connectivity index (χ3v) is 6.52. The van der Waals surface area contributed by atoms with Crippen molar-refractivity contribution < 1.29 is 9.47 Å². The van der Waals surface area contributed by atoms with Crippen molar-refractivity contribution in [1.29, 1.82) is 21.2 Å². The van der Waals surface area contributed by atoms with E-state index in [9.17, 15) is 15.8 Å². The van der Waals surface area contributed by atoms with Crippen molar-refractivity contribution in [3.8, 4) is 18.2 Å². The van der Waals surface area contributed by atoms with Crippen molar-refractivity contribution >= 4 is 5.90 Å². The number of nitrogens with one attached hydrogen (secondary N) is 1. The SMILES string of the molecule is Cc1cccc(C2OC34CCC(C)CC3C(C#N)(C(=N)O4)C2(C#N)C#N)c1. The Labute approximate surface area is 158 Å². The highest BCUT2D eigenvalue weighted by Crippen LogP contribution is 2.69. The quantitative estimate of drug-likeness (QED) is 0.819. The van der Waals surface area contributed by atoms with E-state index >= 15 is 0 Å². The summed E-state index contributed by atoms with van der Waals surface area (Å²) in [6, 6.07) is 13.8. The van der Waals surface area contributed by atoms with Gasteiger partial charge in [-0.25, -0.2) is 0 Å². The molecule has 136 valence electrons. The number of nitrogens with zero attached hydrogens (tertiary/aromatic N) is 3. The van der Waals surface area contributed by atoms with Gasteiger partial charge in [-0.05, 0) is 31.2 Å². The van der Waals surface area contributed by atoms with Gasteiger partial charge in [0.1, 0.15) is 6.10 Å². The average Bonchev–Trinajstić information content (AvgIpc) is 2.86. The molecule has 0 radical (unpaired) electrons. The Morgan fingerprint density at radius 2 is 1.93 bits per heavy atom. The Kier molecular flexibility index (Phi) is 3.61. The molecule has 0 amide bonds. The van der Waals surface area contributed by atoms with Crippen LogP contribution in [0.3, 0.4) is 0 Å². The molecule has 2 saturated heterocycles. The van der Waals surface area contributed by atoms with E-state index in [-0.39, 0.29) is 5.90 Å². The summed E-state index contributed by atoms with van der Waals surface area (Å²) < 4.78 is 12.3. The third kappa shape index (κ3) is 1.93. The van der Waals surface area contributed by atoms with Crippen LogP contribution in [0.4, 0.5) is 0 Å². The molecule has 1 aliphatic carbocycles. The molecule has 0 spiro atoms. The lowest BCUT2D eigenvalue weighted by atomic mass is 9.50. The van der Waals surface area contributed by atoms with Crippen molar-refractivity contribution in [2.75, 3.05) is 0 Å². The maximum atomic E-state index is 10.2. The zero-order valence-electron chi connectivity index (χ0n) is 15.3. The number of ether oxygens (including phenoxy) is 2. The van der Waals surface area contributed by atoms with Gasteiger partial charge in [-0.2, -0.15) is 15.8 Å². The molecule has 0 aromatic heterocycles. The van der Waals surface area contributed by atoms with E-state index in [1.807, 2.05) is 25.1 Å². The summed E-state index contributed by atoms with van der Waals surface area (Å²) in [6.07, 6.45) is 1.01. The number of hydrogen-bond acceptors (Lipinski definition) is 6. The fourth-order valence-corrected chi connectivity index (χ4v) is 5.16. The molecule has 5 atom stereocenters. The highest BCUT2D eigenvalue weighted by molar-refractivity contribution is 5.89. The largest absolute Gasteiger partial charge is 0.447 e. The summed E-state index contributed by atoms with van der Waals surface area (Å²) >= 11 is 0. The van der Waals surface area contributed by atoms with Gasteiger partial charge < -0.3 is 9.47 Å². The molecule has 6 nitrogen and oxygen atoms in total. The maximum absolute atomic E-state index is 10.2. The van der Waals surface area contributed by atoms with E-state index < -0.39 is 28.6 Å². The van der Waals surface area contributed by atoms with Crippen LogP contribution < -0.4 is 0 Å². The standard InChI is InChI=1S/C21H20N4O2/c1-13-4-3-5-15(8-13)17-19(10-22,11-23)20(12-24)16-9-14(2)6-7-21(16,26-17)27-18(20)25/h3-5,8,14,16-17,25H,6-7,9H2,1-2H3. The van der Waals surface area contributed by atoms with Crippen molar-refractivity contribution in [3.05, 3.63) is 35.4 Å². The van der Waals surface area contributed by atoms with E-state index in [4.69, 9.17) is 14.9 Å². The molecule has 2 aliphatic heterocycles. The fourth-order valence-electron chi connectivity index (χ4n) is 5.16. The lowest BCUT2D eigenvalue weighted by Crippen LogP contribution is -2.60. The number of aryl methyl sites for hydroxylation is 1. The zero-order valence-corrected chi connectivity index (χ0v) is 15.3. The lowest BCUT2D eigenvalue weighted by Gasteiger charge is -2.52. The van der Waals surface area contributed by atoms with E-state index in [0.29, 0.717) is 24.3 Å². The molecule has 1 saturated carbocycles. The second kappa shape index (κ2) is 5.56. The molecular formula is C21H20N4O2. The summed E-state index contributed by atoms with van der Waals surface area (Å²) in [6.45, 7) is 4.00. The first-order chi connectivity index (χ1) is 12.9. The monoisotopic (exact) mass is 360 g/mol. The second-order valence-corrected chi connectivity index (χ2v) is 8.04. The van der Waals surface area contributed by atoms with Crippen LogP contribution in [-0.2, 0) is 9.47 Å². The molecule has 6 heteroatoms. The minimum absolute atomic E-state index is 0.303. The Morgan fingerprint density at radius 1 is 1.19 bits per heavy atom. The highest BCUT2D eigenvalue weighted by Gasteiger charge is 2.80. The van der Waals surface area contributed by atoms with Gasteiger partial charge in [-0.3, -0.25) is 5.41 Å². The summed E-state index contributed by atoms with van der Waals surface area (Å²) in [5.74, 6) is -1.63. The van der Waals surface area contributed by atoms with Crippen LogP contribution in [0.15, 0.2) is 24.3 Å². The molecule has 2 bridgehead atoms. The van der Waals surface area contributed by atoms with E-state index in [1.165, 1.54) is 0 Å². The van der Waals surface area contributed by atoms with Crippen LogP contribution in [0, 0.1) is 69.0 Å². The van der Waals surface area contributed by atoms with Gasteiger partial charge in [0, 0.05) is 6.42 Å². The Bertz CT molecular complexity index is 938. The van der Waals surface area contributed by atoms with Crippen molar-refractivity contribution in [2.45, 2.75) is 45.0 Å². The summed E-state index contributed by atoms with van der Waals surface area (Å²) in [7, 11) is 0. The lowest BCUT2D eigenvalue weighted by molar-refractivity contribution is -0.298. The first-order valence-electron chi connectivity index (χ1n) is 9.15. The average molecular weight is 360 g/mol. The van der Waals surface area contributed by atoms with Gasteiger partial charge in [-0.15, -0.1) is 0 Å². The number of benzene rings is 1. The van der Waals surface area contributed by atoms with Crippen LogP contribution in [0.5, 0.6) is 0 Å². The van der Waals surface area contributed by atoms with Crippen molar-refractivity contribution in [2.24, 2.45) is 22.7 Å². The molecule has 1 N–H and O–H groups in total. The zero-order chi connectivity index (χ0) is 19.4. The predicted octanol–water partition coefficient (Wildman–Crippen LogP) is 3.75. The molecule has 27 heavy (non-hydrogen) atoms. The molecule has 1 aromatic carbocycles. The molecule has 3 aliphatic rings. The maximum Gasteiger partial charge on any atom is 0.217 e. The van der Waals surface area contributed by atoms with Crippen LogP contribution in [0.2, 0.25) is 0 Å². The minimum atomic E-state index is -1.85. The van der Waals surface area contributed by atoms with Gasteiger partial charge in [0.2, 0.25) is 17.1 Å². The van der Waals surface area contributed by atoms with Crippen LogP contribution in [0.25, 0.3) is 0 Å². The summed E-state index contributed by atoms with van der Waals surface area (Å²) in [4.78, 5) is 0. The minimum Gasteiger partial charge on any atom is -0.447 e. The topological polar surface area (TPSA) is 114 Å². The number of hydrogen-bond donors (Lipinski definition) is 1. The first-order valence-corrected chi connectivity index (χ1v) is 9.15. The van der Waals surface area contributed by atoms with Gasteiger partial charge >= 0.3 is 0 Å². The van der Waals surface area contributed by atoms with Gasteiger partial charge in [0.15, 0.2) is 5.41 Å². The molecule has 5 unspecified atom stereocenters. The van der Waals surface area contributed by atoms with Crippen molar-refractivity contribution in [3.63, 3.8) is 0 Å². The van der Waals surface area contributed by atoms with Crippen molar-refractivity contribution in [1.82, 2.24) is 0 Å². The Balaban J connectivity index is 2.00. The Hall–Kier alpha value is -2.88. The van der Waals surface area contributed by atoms with Crippen LogP contribution >= 0.6 is 0 Å². The summed E-state index contributed by atoms with van der Waals surface area (Å²) in [5.41, 5.74) is -1.87. The van der Waals surface area contributed by atoms with E-state index in [2.05, 4.69) is 25.1 Å². The number of nitriles is 3.